The van der Waals surface area contributed by atoms with Gasteiger partial charge in [-0.25, -0.2) is 19.7 Å². The third kappa shape index (κ3) is 4.44. The number of nitrogens with two attached hydrogens (primary N) is 1. The van der Waals surface area contributed by atoms with Crippen molar-refractivity contribution in [3.8, 4) is 0 Å². The van der Waals surface area contributed by atoms with Gasteiger partial charge in [0, 0.05) is 20.8 Å². The summed E-state index contributed by atoms with van der Waals surface area (Å²) < 4.78 is 27.8. The van der Waals surface area contributed by atoms with Crippen LogP contribution in [0.1, 0.15) is 27.0 Å². The number of hydrogen-bond acceptors (Lipinski definition) is 13. The first-order chi connectivity index (χ1) is 15.1. The Bertz CT molecular complexity index is 1050. The quantitative estimate of drug-likeness (QED) is 0.429. The topological polar surface area (TPSA) is 184 Å². The number of hydrogen-bond donors (Lipinski definition) is 1. The zero-order valence-electron chi connectivity index (χ0n) is 17.6. The number of nitrogens with zero attached hydrogens (tertiary/aromatic N) is 4. The van der Waals surface area contributed by atoms with E-state index in [2.05, 4.69) is 15.0 Å². The molecule has 3 heterocycles. The maximum Gasteiger partial charge on any atom is 0.350 e. The molecular weight excluding hydrogens is 430 g/mol. The van der Waals surface area contributed by atoms with Crippen LogP contribution in [0.4, 0.5) is 5.82 Å². The van der Waals surface area contributed by atoms with Crippen LogP contribution in [-0.4, -0.2) is 74.9 Å². The van der Waals surface area contributed by atoms with E-state index in [-0.39, 0.29) is 17.0 Å². The second-order valence-corrected chi connectivity index (χ2v) is 6.78. The minimum absolute atomic E-state index is 0.0937. The second-order valence-electron chi connectivity index (χ2n) is 6.78. The van der Waals surface area contributed by atoms with Crippen LogP contribution in [0, 0.1) is 0 Å². The van der Waals surface area contributed by atoms with E-state index in [0.717, 1.165) is 27.9 Å². The first-order valence-corrected chi connectivity index (χ1v) is 9.32. The number of methoxy groups -OCH3 is 1. The smallest absolute Gasteiger partial charge is 0.350 e. The van der Waals surface area contributed by atoms with E-state index in [9.17, 15) is 19.2 Å². The largest absolute Gasteiger partial charge is 0.466 e. The maximum atomic E-state index is 12.4. The average Bonchev–Trinajstić information content (AvgIpc) is 3.28. The van der Waals surface area contributed by atoms with E-state index < -0.39 is 54.5 Å². The van der Waals surface area contributed by atoms with Gasteiger partial charge in [-0.2, -0.15) is 0 Å². The fraction of sp³-hybridized carbons (Fsp3) is 0.500. The SMILES string of the molecule is COC(=O)[C@@H](OC(C)=O)[C@H]1O[C@@H](n2cnc3c(N)ncnc32)[C@@H](OC(C)=O)[C@@H]1OC(C)=O. The summed E-state index contributed by atoms with van der Waals surface area (Å²) in [5, 5.41) is 0. The fourth-order valence-corrected chi connectivity index (χ4v) is 3.38. The monoisotopic (exact) mass is 451 g/mol. The van der Waals surface area contributed by atoms with E-state index in [1.807, 2.05) is 0 Å². The number of fused-ring (bicyclic) bond motifs is 1. The minimum Gasteiger partial charge on any atom is -0.466 e. The molecule has 5 atom stereocenters. The van der Waals surface area contributed by atoms with Crippen LogP contribution in [0.25, 0.3) is 11.2 Å². The highest BCUT2D eigenvalue weighted by Gasteiger charge is 2.56. The number of aromatic nitrogens is 4. The van der Waals surface area contributed by atoms with E-state index in [1.54, 1.807) is 0 Å². The van der Waals surface area contributed by atoms with Crippen molar-refractivity contribution in [3.63, 3.8) is 0 Å². The molecule has 0 saturated carbocycles. The molecule has 14 heteroatoms. The summed E-state index contributed by atoms with van der Waals surface area (Å²) in [6, 6.07) is 0. The summed E-state index contributed by atoms with van der Waals surface area (Å²) in [5.74, 6) is -3.16. The summed E-state index contributed by atoms with van der Waals surface area (Å²) in [6.45, 7) is 3.34. The Morgan fingerprint density at radius 3 is 2.28 bits per heavy atom. The zero-order valence-corrected chi connectivity index (χ0v) is 17.6. The highest BCUT2D eigenvalue weighted by Crippen LogP contribution is 2.38. The van der Waals surface area contributed by atoms with Crippen LogP contribution in [-0.2, 0) is 42.9 Å². The molecule has 0 aromatic carbocycles. The lowest BCUT2D eigenvalue weighted by molar-refractivity contribution is -0.183. The summed E-state index contributed by atoms with van der Waals surface area (Å²) >= 11 is 0. The summed E-state index contributed by atoms with van der Waals surface area (Å²) in [5.41, 5.74) is 6.29. The molecule has 1 aliphatic rings. The summed E-state index contributed by atoms with van der Waals surface area (Å²) in [6.07, 6.45) is -4.30. The molecule has 0 spiro atoms. The standard InChI is InChI=1S/C18H21N5O9/c1-7(24)29-11-12(14(18(27)28-4)31-9(3)26)32-17(13(11)30-8(2)25)23-6-22-10-15(19)20-5-21-16(10)23/h5-6,11-14,17H,1-4H3,(H2,19,20,21)/t11-,12+,13+,14+,17-/m1/s1. The van der Waals surface area contributed by atoms with Crippen molar-refractivity contribution in [2.45, 2.75) is 51.4 Å². The van der Waals surface area contributed by atoms with Crippen LogP contribution in [0.5, 0.6) is 0 Å². The van der Waals surface area contributed by atoms with Gasteiger partial charge >= 0.3 is 23.9 Å². The molecule has 14 nitrogen and oxygen atoms in total. The molecule has 1 fully saturated rings. The number of nitrogen functional groups attached to an aromatic ring is 1. The van der Waals surface area contributed by atoms with Gasteiger partial charge in [-0.05, 0) is 0 Å². The number of esters is 4. The van der Waals surface area contributed by atoms with Crippen LogP contribution in [0.3, 0.4) is 0 Å². The lowest BCUT2D eigenvalue weighted by atomic mass is 10.0. The summed E-state index contributed by atoms with van der Waals surface area (Å²) in [7, 11) is 1.08. The van der Waals surface area contributed by atoms with E-state index in [1.165, 1.54) is 17.2 Å². The lowest BCUT2D eigenvalue weighted by Crippen LogP contribution is -2.48. The Morgan fingerprint density at radius 2 is 1.69 bits per heavy atom. The number of imidazole rings is 1. The molecule has 0 radical (unpaired) electrons. The lowest BCUT2D eigenvalue weighted by Gasteiger charge is -2.26. The van der Waals surface area contributed by atoms with Gasteiger partial charge in [-0.3, -0.25) is 19.0 Å². The van der Waals surface area contributed by atoms with Gasteiger partial charge in [-0.15, -0.1) is 0 Å². The highest BCUT2D eigenvalue weighted by molar-refractivity contribution is 5.81. The van der Waals surface area contributed by atoms with Crippen molar-refractivity contribution in [2.75, 3.05) is 12.8 Å². The number of carbonyl (C=O) groups excluding carboxylic acids is 4. The third-order valence-corrected chi connectivity index (χ3v) is 4.52. The number of anilines is 1. The predicted molar refractivity (Wildman–Crippen MR) is 102 cm³/mol. The molecule has 0 amide bonds. The van der Waals surface area contributed by atoms with Crippen LogP contribution >= 0.6 is 0 Å². The van der Waals surface area contributed by atoms with Crippen molar-refractivity contribution in [2.24, 2.45) is 0 Å². The summed E-state index contributed by atoms with van der Waals surface area (Å²) in [4.78, 5) is 59.7. The Morgan fingerprint density at radius 1 is 1.03 bits per heavy atom. The molecule has 2 aromatic heterocycles. The fourth-order valence-electron chi connectivity index (χ4n) is 3.38. The first-order valence-electron chi connectivity index (χ1n) is 9.32. The van der Waals surface area contributed by atoms with Crippen molar-refractivity contribution in [3.05, 3.63) is 12.7 Å². The predicted octanol–water partition coefficient (Wildman–Crippen LogP) is -0.726. The minimum atomic E-state index is -1.63. The van der Waals surface area contributed by atoms with Crippen LogP contribution < -0.4 is 5.73 Å². The number of carbonyl (C=O) groups is 4. The maximum absolute atomic E-state index is 12.4. The van der Waals surface area contributed by atoms with Gasteiger partial charge in [0.2, 0.25) is 6.10 Å². The Labute approximate surface area is 180 Å². The van der Waals surface area contributed by atoms with Gasteiger partial charge in [0.15, 0.2) is 29.9 Å². The zero-order chi connectivity index (χ0) is 23.6. The molecular formula is C18H21N5O9. The molecule has 2 N–H and O–H groups in total. The van der Waals surface area contributed by atoms with Crippen molar-refractivity contribution in [1.82, 2.24) is 19.5 Å². The second kappa shape index (κ2) is 9.13. The molecule has 2 aromatic rings. The van der Waals surface area contributed by atoms with Gasteiger partial charge in [0.25, 0.3) is 0 Å². The van der Waals surface area contributed by atoms with E-state index in [4.69, 9.17) is 29.4 Å². The highest BCUT2D eigenvalue weighted by atomic mass is 16.7. The van der Waals surface area contributed by atoms with Gasteiger partial charge < -0.3 is 29.4 Å². The molecule has 0 aliphatic carbocycles. The van der Waals surface area contributed by atoms with E-state index in [0.29, 0.717) is 0 Å². The van der Waals surface area contributed by atoms with Crippen molar-refractivity contribution in [1.29, 1.82) is 0 Å². The van der Waals surface area contributed by atoms with Gasteiger partial charge in [-0.1, -0.05) is 0 Å². The molecule has 32 heavy (non-hydrogen) atoms. The molecule has 1 saturated heterocycles. The molecule has 172 valence electrons. The first kappa shape index (κ1) is 22.9. The molecule has 0 unspecified atom stereocenters. The van der Waals surface area contributed by atoms with Crippen molar-refractivity contribution < 1.29 is 42.9 Å². The number of ether oxygens (including phenoxy) is 5. The normalized spacial score (nSPS) is 23.4. The number of rotatable bonds is 6. The van der Waals surface area contributed by atoms with Gasteiger partial charge in [0.05, 0.1) is 13.4 Å². The average molecular weight is 451 g/mol. The Balaban J connectivity index is 2.12. The third-order valence-electron chi connectivity index (χ3n) is 4.52. The van der Waals surface area contributed by atoms with Crippen molar-refractivity contribution >= 4 is 40.9 Å². The molecule has 3 rings (SSSR count). The van der Waals surface area contributed by atoms with Gasteiger partial charge in [0.1, 0.15) is 17.9 Å². The van der Waals surface area contributed by atoms with E-state index >= 15 is 0 Å². The van der Waals surface area contributed by atoms with Crippen LogP contribution in [0.15, 0.2) is 12.7 Å². The van der Waals surface area contributed by atoms with Crippen LogP contribution in [0.2, 0.25) is 0 Å². The Kier molecular flexibility index (Phi) is 6.53. The molecule has 0 bridgehead atoms. The Hall–Kier alpha value is -3.81. The molecule has 1 aliphatic heterocycles.